The minimum Gasteiger partial charge on any atom is -0.822 e. The van der Waals surface area contributed by atoms with E-state index in [0.717, 1.165) is 6.92 Å². The molecule has 11 heavy (non-hydrogen) atoms. The Morgan fingerprint density at radius 1 is 1.18 bits per heavy atom. The summed E-state index contributed by atoms with van der Waals surface area (Å²) in [5, 5.41) is 8.89. The van der Waals surface area contributed by atoms with Crippen molar-refractivity contribution in [1.29, 1.82) is 0 Å². The molecule has 0 rings (SSSR count). The fourth-order valence-corrected chi connectivity index (χ4v) is 0. The first kappa shape index (κ1) is 23.2. The van der Waals surface area contributed by atoms with Crippen molar-refractivity contribution >= 4 is 89.3 Å². The molecule has 0 atom stereocenters. The second-order valence-corrected chi connectivity index (χ2v) is 1.83. The van der Waals surface area contributed by atoms with E-state index in [1.807, 2.05) is 0 Å². The molecule has 0 aromatic heterocycles. The molecule has 0 aliphatic rings. The van der Waals surface area contributed by atoms with Gasteiger partial charge in [-0.05, 0) is 6.92 Å². The largest absolute Gasteiger partial charge is 2.00 e. The van der Waals surface area contributed by atoms with Gasteiger partial charge in [-0.1, -0.05) is 0 Å². The molecule has 0 aliphatic carbocycles. The van der Waals surface area contributed by atoms with Crippen LogP contribution < -0.4 is 19.8 Å². The zero-order valence-corrected chi connectivity index (χ0v) is 11.1. The van der Waals surface area contributed by atoms with Crippen LogP contribution in [0.25, 0.3) is 0 Å². The fraction of sp³-hybridized carbons (Fsp3) is 0.500. The van der Waals surface area contributed by atoms with E-state index >= 15 is 0 Å². The Hall–Kier alpha value is 2.10. The first-order valence-electron chi connectivity index (χ1n) is 1.64. The van der Waals surface area contributed by atoms with Crippen LogP contribution in [0, 0.1) is 0 Å². The van der Waals surface area contributed by atoms with Crippen LogP contribution in [-0.4, -0.2) is 81.4 Å². The van der Waals surface area contributed by atoms with Gasteiger partial charge in [0.25, 0.3) is 0 Å². The maximum atomic E-state index is 8.89. The zero-order valence-electron chi connectivity index (χ0n) is 5.81. The van der Waals surface area contributed by atoms with Crippen molar-refractivity contribution < 1.29 is 29.1 Å². The van der Waals surface area contributed by atoms with Gasteiger partial charge in [0.05, 0.1) is 0 Å². The van der Waals surface area contributed by atoms with E-state index in [0.29, 0.717) is 0 Å². The zero-order chi connectivity index (χ0) is 8.08. The van der Waals surface area contributed by atoms with Crippen molar-refractivity contribution in [3.05, 3.63) is 0 Å². The number of carboxylic acids is 1. The molecule has 0 saturated carbocycles. The van der Waals surface area contributed by atoms with Crippen molar-refractivity contribution in [2.45, 2.75) is 6.92 Å². The quantitative estimate of drug-likeness (QED) is 0.305. The third kappa shape index (κ3) is 280. The Morgan fingerprint density at radius 3 is 1.18 bits per heavy atom. The van der Waals surface area contributed by atoms with Crippen LogP contribution >= 0.6 is 7.82 Å². The van der Waals surface area contributed by atoms with Crippen LogP contribution in [0.2, 0.25) is 0 Å². The van der Waals surface area contributed by atoms with Gasteiger partial charge in [-0.2, -0.15) is 7.82 Å². The molecule has 0 N–H and O–H groups in total. The van der Waals surface area contributed by atoms with Crippen LogP contribution in [0.4, 0.5) is 0 Å². The normalized spacial score (nSPS) is 7.64. The molecule has 6 nitrogen and oxygen atoms in total. The van der Waals surface area contributed by atoms with E-state index in [4.69, 9.17) is 29.1 Å². The minimum absolute atomic E-state index is 0. The SMILES string of the molecule is CC(=O)[O-].O=P([O-])([O-])[O-].[Ca+2].[Ca+2]. The van der Waals surface area contributed by atoms with Crippen LogP contribution in [0.3, 0.4) is 0 Å². The Labute approximate surface area is 123 Å². The monoisotopic (exact) mass is 234 g/mol. The Morgan fingerprint density at radius 2 is 1.18 bits per heavy atom. The van der Waals surface area contributed by atoms with E-state index in [2.05, 4.69) is 0 Å². The van der Waals surface area contributed by atoms with Crippen LogP contribution in [-0.2, 0) is 9.36 Å². The Kier molecular flexibility index (Phi) is 25.5. The molecule has 0 radical (unpaired) electrons. The number of carbonyl (C=O) groups is 1. The molecule has 0 aromatic carbocycles. The molecule has 0 aromatic rings. The fourth-order valence-electron chi connectivity index (χ4n) is 0. The standard InChI is InChI=1S/C2H4O2.2Ca.H3O4P/c1-2(3)4;;;1-5(2,3)4/h1H3,(H,3,4);;;(H3,1,2,3,4)/q;2*+2;/p-4. The Bertz CT molecular complexity index is 118. The van der Waals surface area contributed by atoms with Gasteiger partial charge in [0.1, 0.15) is 0 Å². The van der Waals surface area contributed by atoms with E-state index in [9.17, 15) is 0 Å². The predicted molar refractivity (Wildman–Crippen MR) is 29.8 cm³/mol. The number of hydrogen-bond donors (Lipinski definition) is 0. The van der Waals surface area contributed by atoms with Gasteiger partial charge in [-0.25, -0.2) is 0 Å². The van der Waals surface area contributed by atoms with Crippen molar-refractivity contribution in [2.75, 3.05) is 0 Å². The molecule has 9 heteroatoms. The molecule has 0 saturated heterocycles. The third-order valence-electron chi connectivity index (χ3n) is 0. The number of carbonyl (C=O) groups excluding carboxylic acids is 1. The summed E-state index contributed by atoms with van der Waals surface area (Å²) >= 11 is 0. The summed E-state index contributed by atoms with van der Waals surface area (Å²) in [6, 6.07) is 0. The topological polar surface area (TPSA) is 126 Å². The summed E-state index contributed by atoms with van der Waals surface area (Å²) in [6.45, 7) is 0.972. The number of aliphatic carboxylic acids is 1. The first-order chi connectivity index (χ1) is 3.73. The first-order valence-corrected chi connectivity index (χ1v) is 3.10. The van der Waals surface area contributed by atoms with Gasteiger partial charge >= 0.3 is 75.5 Å². The smallest absolute Gasteiger partial charge is 0.822 e. The summed E-state index contributed by atoms with van der Waals surface area (Å²) in [7, 11) is -5.39. The van der Waals surface area contributed by atoms with E-state index in [1.54, 1.807) is 0 Å². The van der Waals surface area contributed by atoms with Gasteiger partial charge in [0.2, 0.25) is 0 Å². The van der Waals surface area contributed by atoms with E-state index in [1.165, 1.54) is 0 Å². The van der Waals surface area contributed by atoms with Gasteiger partial charge in [0, 0.05) is 5.97 Å². The molecule has 0 bridgehead atoms. The molecular formula is C2H3Ca2O6P. The molecule has 0 aliphatic heterocycles. The van der Waals surface area contributed by atoms with Crippen LogP contribution in [0.15, 0.2) is 0 Å². The van der Waals surface area contributed by atoms with Crippen LogP contribution in [0.1, 0.15) is 6.92 Å². The summed E-state index contributed by atoms with van der Waals surface area (Å²) in [4.78, 5) is 34.5. The molecule has 0 spiro atoms. The van der Waals surface area contributed by atoms with Crippen molar-refractivity contribution in [2.24, 2.45) is 0 Å². The number of phosphoric acid groups is 1. The maximum Gasteiger partial charge on any atom is 2.00 e. The molecule has 0 amide bonds. The minimum atomic E-state index is -5.39. The summed E-state index contributed by atoms with van der Waals surface area (Å²) < 4.78 is 8.55. The average molecular weight is 234 g/mol. The summed E-state index contributed by atoms with van der Waals surface area (Å²) in [5.74, 6) is -1.08. The number of hydrogen-bond acceptors (Lipinski definition) is 6. The maximum absolute atomic E-state index is 8.89. The van der Waals surface area contributed by atoms with E-state index in [-0.39, 0.29) is 75.5 Å². The van der Waals surface area contributed by atoms with Gasteiger partial charge in [0.15, 0.2) is 0 Å². The van der Waals surface area contributed by atoms with Crippen LogP contribution in [0.5, 0.6) is 0 Å². The van der Waals surface area contributed by atoms with Gasteiger partial charge in [-0.15, -0.1) is 0 Å². The predicted octanol–water partition coefficient (Wildman–Crippen LogP) is -4.83. The van der Waals surface area contributed by atoms with Crippen molar-refractivity contribution in [1.82, 2.24) is 0 Å². The summed E-state index contributed by atoms with van der Waals surface area (Å²) in [5.41, 5.74) is 0. The molecule has 0 fully saturated rings. The summed E-state index contributed by atoms with van der Waals surface area (Å²) in [6.07, 6.45) is 0. The Balaban J connectivity index is -0.0000000383. The van der Waals surface area contributed by atoms with E-state index < -0.39 is 13.8 Å². The molecular weight excluding hydrogens is 231 g/mol. The molecule has 56 valence electrons. The number of carboxylic acid groups (broad SMARTS) is 1. The second kappa shape index (κ2) is 12.1. The molecule has 0 unspecified atom stereocenters. The third-order valence-corrected chi connectivity index (χ3v) is 0. The average Bonchev–Trinajstić information content (AvgIpc) is 1.19. The van der Waals surface area contributed by atoms with Crippen molar-refractivity contribution in [3.63, 3.8) is 0 Å². The number of rotatable bonds is 0. The second-order valence-electron chi connectivity index (χ2n) is 0.939. The molecule has 0 heterocycles. The van der Waals surface area contributed by atoms with Gasteiger partial charge in [-0.3, -0.25) is 0 Å². The van der Waals surface area contributed by atoms with Crippen molar-refractivity contribution in [3.8, 4) is 0 Å². The van der Waals surface area contributed by atoms with Gasteiger partial charge < -0.3 is 29.1 Å².